The molecule has 0 heterocycles. The number of aliphatic hydroxyl groups is 1. The number of hydrogen-bond acceptors (Lipinski definition) is 4. The highest BCUT2D eigenvalue weighted by molar-refractivity contribution is 6.21. The van der Waals surface area contributed by atoms with E-state index in [4.69, 9.17) is 4.74 Å². The maximum atomic E-state index is 11.0. The molecule has 4 nitrogen and oxygen atoms in total. The lowest BCUT2D eigenvalue weighted by molar-refractivity contribution is -0.141. The van der Waals surface area contributed by atoms with Gasteiger partial charge in [-0.05, 0) is 36.5 Å². The van der Waals surface area contributed by atoms with E-state index in [-0.39, 0.29) is 18.8 Å². The second-order valence-corrected chi connectivity index (χ2v) is 4.13. The third kappa shape index (κ3) is 2.36. The Morgan fingerprint density at radius 1 is 1.53 bits per heavy atom. The number of benzene rings is 1. The number of aliphatic hydroxyl groups excluding tert-OH is 1. The standard InChI is InChI=1S/C13H14O4/c14-7-9-3-1-5-11-10(9)4-2-6-12(11)17-13(16)8-15/h2,4,6,8-9,14H,1,3,5,7H2. The van der Waals surface area contributed by atoms with Gasteiger partial charge in [-0.25, -0.2) is 4.79 Å². The number of hydrogen-bond donors (Lipinski definition) is 1. The Kier molecular flexibility index (Phi) is 3.54. The fourth-order valence-electron chi connectivity index (χ4n) is 2.33. The number of rotatable bonds is 3. The lowest BCUT2D eigenvalue weighted by Crippen LogP contribution is -2.16. The molecule has 0 radical (unpaired) electrons. The molecule has 0 aliphatic heterocycles. The molecule has 1 N–H and O–H groups in total. The van der Waals surface area contributed by atoms with Gasteiger partial charge in [0.05, 0.1) is 0 Å². The molecule has 2 rings (SSSR count). The average Bonchev–Trinajstić information content (AvgIpc) is 2.38. The molecule has 90 valence electrons. The van der Waals surface area contributed by atoms with E-state index in [0.717, 1.165) is 30.4 Å². The fraction of sp³-hybridized carbons (Fsp3) is 0.385. The summed E-state index contributed by atoms with van der Waals surface area (Å²) in [6.07, 6.45) is 2.86. The molecule has 1 aromatic carbocycles. The van der Waals surface area contributed by atoms with Crippen molar-refractivity contribution in [3.05, 3.63) is 29.3 Å². The molecular weight excluding hydrogens is 220 g/mol. The number of ether oxygens (including phenoxy) is 1. The number of fused-ring (bicyclic) bond motifs is 1. The van der Waals surface area contributed by atoms with Crippen molar-refractivity contribution in [3.63, 3.8) is 0 Å². The van der Waals surface area contributed by atoms with Crippen LogP contribution in [0.5, 0.6) is 5.75 Å². The van der Waals surface area contributed by atoms with E-state index < -0.39 is 5.97 Å². The first kappa shape index (κ1) is 11.8. The van der Waals surface area contributed by atoms with Gasteiger partial charge in [-0.3, -0.25) is 4.79 Å². The van der Waals surface area contributed by atoms with E-state index in [9.17, 15) is 14.7 Å². The number of carbonyl (C=O) groups is 2. The monoisotopic (exact) mass is 234 g/mol. The zero-order valence-corrected chi connectivity index (χ0v) is 9.39. The van der Waals surface area contributed by atoms with Gasteiger partial charge in [0.25, 0.3) is 0 Å². The van der Waals surface area contributed by atoms with Crippen LogP contribution in [0.2, 0.25) is 0 Å². The molecule has 1 aliphatic rings. The van der Waals surface area contributed by atoms with Crippen LogP contribution in [0.4, 0.5) is 0 Å². The second kappa shape index (κ2) is 5.10. The molecule has 0 amide bonds. The number of esters is 1. The number of carbonyl (C=O) groups excluding carboxylic acids is 2. The van der Waals surface area contributed by atoms with Crippen molar-refractivity contribution in [3.8, 4) is 5.75 Å². The SMILES string of the molecule is O=CC(=O)Oc1cccc2c1CCCC2CO. The van der Waals surface area contributed by atoms with E-state index in [0.29, 0.717) is 5.75 Å². The molecule has 0 saturated carbocycles. The highest BCUT2D eigenvalue weighted by Gasteiger charge is 2.22. The Balaban J connectivity index is 2.35. The van der Waals surface area contributed by atoms with Gasteiger partial charge >= 0.3 is 5.97 Å². The van der Waals surface area contributed by atoms with Crippen LogP contribution in [0.1, 0.15) is 29.9 Å². The van der Waals surface area contributed by atoms with Crippen LogP contribution >= 0.6 is 0 Å². The van der Waals surface area contributed by atoms with Crippen molar-refractivity contribution < 1.29 is 19.4 Å². The van der Waals surface area contributed by atoms with Crippen LogP contribution in [0.25, 0.3) is 0 Å². The van der Waals surface area contributed by atoms with Crippen molar-refractivity contribution in [2.24, 2.45) is 0 Å². The van der Waals surface area contributed by atoms with Crippen molar-refractivity contribution >= 4 is 12.3 Å². The lowest BCUT2D eigenvalue weighted by atomic mass is 9.83. The first-order valence-electron chi connectivity index (χ1n) is 5.66. The Bertz CT molecular complexity index is 439. The summed E-state index contributed by atoms with van der Waals surface area (Å²) in [5, 5.41) is 9.29. The third-order valence-corrected chi connectivity index (χ3v) is 3.12. The minimum Gasteiger partial charge on any atom is -0.421 e. The predicted molar refractivity (Wildman–Crippen MR) is 60.9 cm³/mol. The third-order valence-electron chi connectivity index (χ3n) is 3.12. The van der Waals surface area contributed by atoms with Crippen LogP contribution < -0.4 is 4.74 Å². The van der Waals surface area contributed by atoms with Gasteiger partial charge < -0.3 is 9.84 Å². The molecule has 1 unspecified atom stereocenters. The van der Waals surface area contributed by atoms with Crippen LogP contribution in [0, 0.1) is 0 Å². The van der Waals surface area contributed by atoms with Gasteiger partial charge in [-0.2, -0.15) is 0 Å². The zero-order valence-electron chi connectivity index (χ0n) is 9.39. The van der Waals surface area contributed by atoms with E-state index in [2.05, 4.69) is 0 Å². The first-order chi connectivity index (χ1) is 8.26. The molecule has 1 aliphatic carbocycles. The summed E-state index contributed by atoms with van der Waals surface area (Å²) in [6, 6.07) is 5.40. The van der Waals surface area contributed by atoms with Gasteiger partial charge in [-0.1, -0.05) is 12.1 Å². The average molecular weight is 234 g/mol. The summed E-state index contributed by atoms with van der Waals surface area (Å²) in [5.41, 5.74) is 1.96. The van der Waals surface area contributed by atoms with Crippen LogP contribution in [0.3, 0.4) is 0 Å². The topological polar surface area (TPSA) is 63.6 Å². The Morgan fingerprint density at radius 2 is 2.35 bits per heavy atom. The van der Waals surface area contributed by atoms with Gasteiger partial charge in [0.2, 0.25) is 6.29 Å². The summed E-state index contributed by atoms with van der Waals surface area (Å²) in [5.74, 6) is -0.337. The van der Waals surface area contributed by atoms with Crippen LogP contribution in [-0.2, 0) is 16.0 Å². The smallest absolute Gasteiger partial charge is 0.376 e. The fourth-order valence-corrected chi connectivity index (χ4v) is 2.33. The Morgan fingerprint density at radius 3 is 3.06 bits per heavy atom. The van der Waals surface area contributed by atoms with Crippen molar-refractivity contribution in [1.82, 2.24) is 0 Å². The molecule has 0 fully saturated rings. The molecule has 0 aromatic heterocycles. The normalized spacial score (nSPS) is 18.3. The quantitative estimate of drug-likeness (QED) is 0.369. The van der Waals surface area contributed by atoms with Crippen LogP contribution in [-0.4, -0.2) is 24.0 Å². The zero-order chi connectivity index (χ0) is 12.3. The minimum absolute atomic E-state index is 0.0953. The molecule has 0 saturated heterocycles. The summed E-state index contributed by atoms with van der Waals surface area (Å²) in [6.45, 7) is 0.0953. The summed E-state index contributed by atoms with van der Waals surface area (Å²) in [4.78, 5) is 21.3. The summed E-state index contributed by atoms with van der Waals surface area (Å²) < 4.78 is 4.97. The Hall–Kier alpha value is -1.68. The molecule has 0 spiro atoms. The predicted octanol–water partition coefficient (Wildman–Crippen LogP) is 1.20. The first-order valence-corrected chi connectivity index (χ1v) is 5.66. The lowest BCUT2D eigenvalue weighted by Gasteiger charge is -2.25. The molecule has 1 atom stereocenters. The maximum Gasteiger partial charge on any atom is 0.376 e. The minimum atomic E-state index is -0.885. The van der Waals surface area contributed by atoms with Gasteiger partial charge in [-0.15, -0.1) is 0 Å². The molecule has 17 heavy (non-hydrogen) atoms. The van der Waals surface area contributed by atoms with E-state index in [1.165, 1.54) is 0 Å². The van der Waals surface area contributed by atoms with Crippen LogP contribution in [0.15, 0.2) is 18.2 Å². The summed E-state index contributed by atoms with van der Waals surface area (Å²) in [7, 11) is 0. The number of aldehydes is 1. The molecule has 4 heteroatoms. The highest BCUT2D eigenvalue weighted by Crippen LogP contribution is 2.36. The van der Waals surface area contributed by atoms with Crippen molar-refractivity contribution in [2.75, 3.05) is 6.61 Å². The van der Waals surface area contributed by atoms with Gasteiger partial charge in [0.15, 0.2) is 0 Å². The molecule has 1 aromatic rings. The molecule has 0 bridgehead atoms. The van der Waals surface area contributed by atoms with Crippen molar-refractivity contribution in [1.29, 1.82) is 0 Å². The van der Waals surface area contributed by atoms with E-state index in [1.807, 2.05) is 6.07 Å². The molecular formula is C13H14O4. The van der Waals surface area contributed by atoms with Gasteiger partial charge in [0.1, 0.15) is 5.75 Å². The second-order valence-electron chi connectivity index (χ2n) is 4.13. The van der Waals surface area contributed by atoms with E-state index >= 15 is 0 Å². The Labute approximate surface area is 99.2 Å². The maximum absolute atomic E-state index is 11.0. The largest absolute Gasteiger partial charge is 0.421 e. The highest BCUT2D eigenvalue weighted by atomic mass is 16.5. The summed E-state index contributed by atoms with van der Waals surface area (Å²) >= 11 is 0. The van der Waals surface area contributed by atoms with Crippen molar-refractivity contribution in [2.45, 2.75) is 25.2 Å². The van der Waals surface area contributed by atoms with E-state index in [1.54, 1.807) is 12.1 Å². The van der Waals surface area contributed by atoms with Gasteiger partial charge in [0, 0.05) is 12.5 Å².